The van der Waals surface area contributed by atoms with Gasteiger partial charge >= 0.3 is 0 Å². The molecule has 0 radical (unpaired) electrons. The van der Waals surface area contributed by atoms with E-state index in [4.69, 9.17) is 0 Å². The van der Waals surface area contributed by atoms with Gasteiger partial charge in [-0.3, -0.25) is 15.5 Å². The van der Waals surface area contributed by atoms with E-state index in [1.807, 2.05) is 35.7 Å². The van der Waals surface area contributed by atoms with Crippen LogP contribution in [-0.2, 0) is 0 Å². The number of aromatic nitrogens is 1. The number of nitrogens with one attached hydrogen (secondary N) is 1. The standard InChI is InChI=1S/C16H12N6O2S/c23-22(24)14-8-6-12(7-9-14)15-18-20(13-4-2-1-3-5-13)21(19-15)16-17-10-11-25-16/h1-11H,(H,18,19). The summed E-state index contributed by atoms with van der Waals surface area (Å²) in [7, 11) is 0. The Bertz CT molecular complexity index is 912. The van der Waals surface area contributed by atoms with E-state index < -0.39 is 4.92 Å². The number of non-ortho nitro benzene ring substituents is 1. The molecule has 0 amide bonds. The third-order valence-electron chi connectivity index (χ3n) is 3.54. The summed E-state index contributed by atoms with van der Waals surface area (Å²) in [5, 5.41) is 21.5. The van der Waals surface area contributed by atoms with Crippen molar-refractivity contribution in [2.45, 2.75) is 0 Å². The van der Waals surface area contributed by atoms with Crippen molar-refractivity contribution in [2.75, 3.05) is 10.2 Å². The maximum absolute atomic E-state index is 10.8. The van der Waals surface area contributed by atoms with Crippen LogP contribution < -0.4 is 15.7 Å². The first-order chi connectivity index (χ1) is 12.2. The van der Waals surface area contributed by atoms with Gasteiger partial charge in [0, 0.05) is 29.3 Å². The summed E-state index contributed by atoms with van der Waals surface area (Å²) < 4.78 is 0. The number of hydrazine groups is 2. The van der Waals surface area contributed by atoms with Crippen LogP contribution in [0.25, 0.3) is 0 Å². The smallest absolute Gasteiger partial charge is 0.258 e. The van der Waals surface area contributed by atoms with Crippen molar-refractivity contribution in [3.63, 3.8) is 0 Å². The average Bonchev–Trinajstić information content (AvgIpc) is 3.32. The number of hydrogen-bond donors (Lipinski definition) is 1. The van der Waals surface area contributed by atoms with Crippen LogP contribution in [0.2, 0.25) is 0 Å². The second-order valence-electron chi connectivity index (χ2n) is 5.12. The highest BCUT2D eigenvalue weighted by molar-refractivity contribution is 7.13. The summed E-state index contributed by atoms with van der Waals surface area (Å²) in [4.78, 5) is 14.7. The van der Waals surface area contributed by atoms with Crippen molar-refractivity contribution in [3.05, 3.63) is 81.9 Å². The molecule has 1 N–H and O–H groups in total. The largest absolute Gasteiger partial charge is 0.269 e. The number of hydrogen-bond acceptors (Lipinski definition) is 8. The summed E-state index contributed by atoms with van der Waals surface area (Å²) in [5.74, 6) is 0.578. The number of rotatable bonds is 4. The third kappa shape index (κ3) is 2.88. The van der Waals surface area contributed by atoms with Crippen LogP contribution in [0.4, 0.5) is 16.5 Å². The molecule has 8 nitrogen and oxygen atoms in total. The molecule has 2 heterocycles. The average molecular weight is 352 g/mol. The van der Waals surface area contributed by atoms with Gasteiger partial charge in [0.05, 0.1) is 10.6 Å². The van der Waals surface area contributed by atoms with Crippen LogP contribution in [-0.4, -0.2) is 15.7 Å². The van der Waals surface area contributed by atoms with E-state index in [9.17, 15) is 10.1 Å². The van der Waals surface area contributed by atoms with Gasteiger partial charge in [0.15, 0.2) is 5.84 Å². The SMILES string of the molecule is O=[N+]([O-])c1ccc(C2=NN(c3ccccc3)N(c3nccs3)N2)cc1. The second kappa shape index (κ2) is 6.21. The molecule has 0 aliphatic carbocycles. The number of benzene rings is 2. The first-order valence-electron chi connectivity index (χ1n) is 7.37. The summed E-state index contributed by atoms with van der Waals surface area (Å²) in [6, 6.07) is 15.9. The lowest BCUT2D eigenvalue weighted by atomic mass is 10.2. The number of nitro benzene ring substituents is 1. The number of hydrazone groups is 1. The molecule has 0 saturated heterocycles. The summed E-state index contributed by atoms with van der Waals surface area (Å²) in [6.45, 7) is 0. The molecule has 0 atom stereocenters. The lowest BCUT2D eigenvalue weighted by Gasteiger charge is -2.25. The van der Waals surface area contributed by atoms with Crippen LogP contribution in [0.15, 0.2) is 71.3 Å². The molecular weight excluding hydrogens is 340 g/mol. The minimum Gasteiger partial charge on any atom is -0.258 e. The van der Waals surface area contributed by atoms with Gasteiger partial charge in [0.25, 0.3) is 5.69 Å². The molecular formula is C16H12N6O2S. The summed E-state index contributed by atoms with van der Waals surface area (Å²) in [6.07, 6.45) is 1.72. The normalized spacial score (nSPS) is 13.5. The van der Waals surface area contributed by atoms with E-state index in [1.165, 1.54) is 23.5 Å². The van der Waals surface area contributed by atoms with Crippen molar-refractivity contribution in [1.29, 1.82) is 0 Å². The Balaban J connectivity index is 1.70. The van der Waals surface area contributed by atoms with Gasteiger partial charge < -0.3 is 0 Å². The number of nitro groups is 1. The monoisotopic (exact) mass is 352 g/mol. The van der Waals surface area contributed by atoms with Crippen molar-refractivity contribution in [1.82, 2.24) is 10.4 Å². The topological polar surface area (TPSA) is 86.9 Å². The molecule has 0 bridgehead atoms. The van der Waals surface area contributed by atoms with E-state index >= 15 is 0 Å². The third-order valence-corrected chi connectivity index (χ3v) is 4.28. The number of thiazole rings is 1. The Hall–Kier alpha value is -3.46. The van der Waals surface area contributed by atoms with Crippen LogP contribution in [0.5, 0.6) is 0 Å². The molecule has 1 aliphatic heterocycles. The van der Waals surface area contributed by atoms with E-state index in [-0.39, 0.29) is 5.69 Å². The number of anilines is 2. The molecule has 25 heavy (non-hydrogen) atoms. The highest BCUT2D eigenvalue weighted by Gasteiger charge is 2.28. The summed E-state index contributed by atoms with van der Waals surface area (Å²) >= 11 is 1.47. The molecule has 9 heteroatoms. The lowest BCUT2D eigenvalue weighted by molar-refractivity contribution is -0.384. The molecule has 0 saturated carbocycles. The van der Waals surface area contributed by atoms with Crippen molar-refractivity contribution >= 4 is 33.7 Å². The minimum atomic E-state index is -0.425. The Morgan fingerprint density at radius 2 is 1.84 bits per heavy atom. The first-order valence-corrected chi connectivity index (χ1v) is 8.25. The zero-order valence-corrected chi connectivity index (χ0v) is 13.6. The maximum atomic E-state index is 10.8. The first kappa shape index (κ1) is 15.1. The quantitative estimate of drug-likeness (QED) is 0.573. The zero-order chi connectivity index (χ0) is 17.2. The Morgan fingerprint density at radius 1 is 1.08 bits per heavy atom. The van der Waals surface area contributed by atoms with Crippen LogP contribution in [0, 0.1) is 10.1 Å². The molecule has 3 aromatic rings. The fraction of sp³-hybridized carbons (Fsp3) is 0. The minimum absolute atomic E-state index is 0.0408. The molecule has 0 fully saturated rings. The zero-order valence-electron chi connectivity index (χ0n) is 12.8. The Morgan fingerprint density at radius 3 is 2.48 bits per heavy atom. The van der Waals surface area contributed by atoms with Crippen LogP contribution in [0.3, 0.4) is 0 Å². The van der Waals surface area contributed by atoms with Crippen molar-refractivity contribution in [3.8, 4) is 0 Å². The van der Waals surface area contributed by atoms with E-state index in [0.717, 1.165) is 16.4 Å². The molecule has 124 valence electrons. The summed E-state index contributed by atoms with van der Waals surface area (Å²) in [5.41, 5.74) is 4.84. The molecule has 0 spiro atoms. The molecule has 1 aliphatic rings. The number of nitrogens with zero attached hydrogens (tertiary/aromatic N) is 5. The van der Waals surface area contributed by atoms with Crippen LogP contribution in [0.1, 0.15) is 5.56 Å². The number of para-hydroxylation sites is 1. The fourth-order valence-corrected chi connectivity index (χ4v) is 2.94. The van der Waals surface area contributed by atoms with Crippen LogP contribution >= 0.6 is 11.3 Å². The van der Waals surface area contributed by atoms with Gasteiger partial charge in [-0.1, -0.05) is 18.2 Å². The van der Waals surface area contributed by atoms with Gasteiger partial charge in [0.2, 0.25) is 5.13 Å². The predicted octanol–water partition coefficient (Wildman–Crippen LogP) is 3.16. The van der Waals surface area contributed by atoms with Gasteiger partial charge in [-0.2, -0.15) is 0 Å². The Kier molecular flexibility index (Phi) is 3.75. The second-order valence-corrected chi connectivity index (χ2v) is 5.99. The molecule has 4 rings (SSSR count). The molecule has 1 aromatic heterocycles. The maximum Gasteiger partial charge on any atom is 0.269 e. The molecule has 2 aromatic carbocycles. The lowest BCUT2D eigenvalue weighted by Crippen LogP contribution is -2.44. The van der Waals surface area contributed by atoms with Crippen molar-refractivity contribution in [2.24, 2.45) is 5.10 Å². The van der Waals surface area contributed by atoms with Gasteiger partial charge in [-0.05, 0) is 24.3 Å². The predicted molar refractivity (Wildman–Crippen MR) is 96.3 cm³/mol. The van der Waals surface area contributed by atoms with E-state index in [1.54, 1.807) is 28.6 Å². The van der Waals surface area contributed by atoms with Gasteiger partial charge in [-0.25, -0.2) is 4.98 Å². The number of amidine groups is 1. The Labute approximate surface area is 146 Å². The van der Waals surface area contributed by atoms with Gasteiger partial charge in [0.1, 0.15) is 0 Å². The highest BCUT2D eigenvalue weighted by Crippen LogP contribution is 2.27. The fourth-order valence-electron chi connectivity index (χ4n) is 2.36. The van der Waals surface area contributed by atoms with E-state index in [2.05, 4.69) is 15.5 Å². The van der Waals surface area contributed by atoms with E-state index in [0.29, 0.717) is 5.84 Å². The van der Waals surface area contributed by atoms with Gasteiger partial charge in [-0.15, -0.1) is 26.7 Å². The molecule has 0 unspecified atom stereocenters. The highest BCUT2D eigenvalue weighted by atomic mass is 32.1. The van der Waals surface area contributed by atoms with Crippen molar-refractivity contribution < 1.29 is 4.92 Å².